The number of ketones is 1. The lowest BCUT2D eigenvalue weighted by molar-refractivity contribution is 0.101. The lowest BCUT2D eigenvalue weighted by Crippen LogP contribution is -2.13. The Balaban J connectivity index is 2.18. The van der Waals surface area contributed by atoms with Crippen LogP contribution in [0.4, 0.5) is 5.69 Å². The minimum Gasteiger partial charge on any atom is -0.295 e. The van der Waals surface area contributed by atoms with E-state index >= 15 is 0 Å². The molecular weight excluding hydrogens is 334 g/mol. The van der Waals surface area contributed by atoms with Crippen molar-refractivity contribution in [3.63, 3.8) is 0 Å². The largest absolute Gasteiger partial charge is 0.295 e. The van der Waals surface area contributed by atoms with Crippen LogP contribution in [0.5, 0.6) is 0 Å². The van der Waals surface area contributed by atoms with Crippen molar-refractivity contribution in [2.45, 2.75) is 24.7 Å². The number of carbonyl (C=O) groups excluding carboxylic acids is 1. The average Bonchev–Trinajstić information content (AvgIpc) is 2.53. The van der Waals surface area contributed by atoms with Crippen molar-refractivity contribution in [3.05, 3.63) is 59.7 Å². The molecule has 0 aliphatic heterocycles. The van der Waals surface area contributed by atoms with E-state index in [0.29, 0.717) is 17.1 Å². The molecule has 0 unspecified atom stereocenters. The Morgan fingerprint density at radius 3 is 2.43 bits per heavy atom. The number of anilines is 1. The first-order chi connectivity index (χ1) is 10.9. The third-order valence-electron chi connectivity index (χ3n) is 3.35. The fourth-order valence-electron chi connectivity index (χ4n) is 2.12. The van der Waals surface area contributed by atoms with Gasteiger partial charge >= 0.3 is 0 Å². The Morgan fingerprint density at radius 1 is 1.13 bits per heavy atom. The minimum atomic E-state index is -3.68. The Hall–Kier alpha value is -1.85. The van der Waals surface area contributed by atoms with Gasteiger partial charge in [-0.3, -0.25) is 9.52 Å². The van der Waals surface area contributed by atoms with Gasteiger partial charge in [0, 0.05) is 17.1 Å². The molecular formula is C17H18ClNO3S. The molecule has 4 nitrogen and oxygen atoms in total. The molecule has 0 amide bonds. The quantitative estimate of drug-likeness (QED) is 0.608. The highest BCUT2D eigenvalue weighted by Crippen LogP contribution is 2.18. The summed E-state index contributed by atoms with van der Waals surface area (Å²) in [6.45, 7) is 1.44. The van der Waals surface area contributed by atoms with Crippen molar-refractivity contribution in [2.75, 3.05) is 10.6 Å². The van der Waals surface area contributed by atoms with E-state index in [-0.39, 0.29) is 10.7 Å². The second-order valence-electron chi connectivity index (χ2n) is 5.18. The predicted octanol–water partition coefficient (Wildman–Crippen LogP) is 3.86. The van der Waals surface area contributed by atoms with Crippen molar-refractivity contribution in [3.8, 4) is 0 Å². The molecule has 2 aromatic carbocycles. The molecule has 0 aromatic heterocycles. The Bertz CT molecular complexity index is 786. The van der Waals surface area contributed by atoms with Crippen LogP contribution < -0.4 is 4.72 Å². The summed E-state index contributed by atoms with van der Waals surface area (Å²) in [5.74, 6) is 0.461. The first-order valence-electron chi connectivity index (χ1n) is 7.21. The molecule has 0 fully saturated rings. The Kier molecular flexibility index (Phi) is 5.80. The van der Waals surface area contributed by atoms with E-state index in [1.165, 1.54) is 13.0 Å². The maximum absolute atomic E-state index is 12.4. The molecule has 2 aromatic rings. The number of rotatable bonds is 7. The molecule has 0 radical (unpaired) electrons. The lowest BCUT2D eigenvalue weighted by atomic mass is 10.1. The van der Waals surface area contributed by atoms with E-state index in [1.807, 2.05) is 0 Å². The van der Waals surface area contributed by atoms with E-state index < -0.39 is 10.0 Å². The van der Waals surface area contributed by atoms with Gasteiger partial charge in [0.1, 0.15) is 0 Å². The zero-order valence-electron chi connectivity index (χ0n) is 12.8. The topological polar surface area (TPSA) is 63.2 Å². The van der Waals surface area contributed by atoms with Gasteiger partial charge in [0.15, 0.2) is 5.78 Å². The van der Waals surface area contributed by atoms with Crippen LogP contribution in [0.3, 0.4) is 0 Å². The van der Waals surface area contributed by atoms with Crippen LogP contribution in [-0.4, -0.2) is 20.1 Å². The maximum Gasteiger partial charge on any atom is 0.261 e. The number of alkyl halides is 1. The zero-order chi connectivity index (χ0) is 16.9. The fourth-order valence-corrected chi connectivity index (χ4v) is 3.31. The maximum atomic E-state index is 12.4. The van der Waals surface area contributed by atoms with Gasteiger partial charge in [-0.25, -0.2) is 8.42 Å². The molecule has 0 saturated heterocycles. The van der Waals surface area contributed by atoms with Gasteiger partial charge in [-0.1, -0.05) is 24.3 Å². The normalized spacial score (nSPS) is 11.2. The third-order valence-corrected chi connectivity index (χ3v) is 5.02. The first kappa shape index (κ1) is 17.5. The summed E-state index contributed by atoms with van der Waals surface area (Å²) in [6.07, 6.45) is 1.67. The number of benzene rings is 2. The summed E-state index contributed by atoms with van der Waals surface area (Å²) < 4.78 is 27.3. The van der Waals surface area contributed by atoms with Crippen LogP contribution >= 0.6 is 11.6 Å². The number of nitrogens with one attached hydrogen (secondary N) is 1. The number of hydrogen-bond donors (Lipinski definition) is 1. The summed E-state index contributed by atoms with van der Waals surface area (Å²) >= 11 is 5.65. The number of Topliss-reactive ketones (excluding diaryl/α,β-unsaturated/α-hetero) is 1. The Labute approximate surface area is 141 Å². The summed E-state index contributed by atoms with van der Waals surface area (Å²) in [6, 6.07) is 13.1. The van der Waals surface area contributed by atoms with Gasteiger partial charge in [0.05, 0.1) is 4.90 Å². The number of hydrogen-bond acceptors (Lipinski definition) is 3. The molecule has 0 bridgehead atoms. The molecule has 122 valence electrons. The van der Waals surface area contributed by atoms with Gasteiger partial charge in [-0.2, -0.15) is 0 Å². The highest BCUT2D eigenvalue weighted by Gasteiger charge is 2.14. The van der Waals surface area contributed by atoms with Crippen molar-refractivity contribution in [2.24, 2.45) is 0 Å². The van der Waals surface area contributed by atoms with Crippen LogP contribution in [0, 0.1) is 0 Å². The molecule has 2 rings (SSSR count). The van der Waals surface area contributed by atoms with E-state index in [9.17, 15) is 13.2 Å². The first-order valence-corrected chi connectivity index (χ1v) is 9.23. The number of sulfonamides is 1. The molecule has 0 aliphatic carbocycles. The second-order valence-corrected chi connectivity index (χ2v) is 7.24. The second kappa shape index (κ2) is 7.62. The van der Waals surface area contributed by atoms with Gasteiger partial charge in [0.2, 0.25) is 0 Å². The van der Waals surface area contributed by atoms with Gasteiger partial charge in [-0.05, 0) is 49.6 Å². The summed E-state index contributed by atoms with van der Waals surface area (Å²) in [4.78, 5) is 11.6. The van der Waals surface area contributed by atoms with Gasteiger partial charge in [-0.15, -0.1) is 11.6 Å². The number of aryl methyl sites for hydroxylation is 1. The van der Waals surface area contributed by atoms with Crippen molar-refractivity contribution >= 4 is 33.1 Å². The SMILES string of the molecule is CC(=O)c1cccc(NS(=O)(=O)c2ccc(CCCCl)cc2)c1. The number of halogens is 1. The molecule has 0 heterocycles. The van der Waals surface area contributed by atoms with Crippen LogP contribution in [0.15, 0.2) is 53.4 Å². The van der Waals surface area contributed by atoms with Crippen LogP contribution in [0.25, 0.3) is 0 Å². The third kappa shape index (κ3) is 4.81. The molecule has 0 atom stereocenters. The van der Waals surface area contributed by atoms with Crippen LogP contribution in [-0.2, 0) is 16.4 Å². The van der Waals surface area contributed by atoms with Gasteiger partial charge in [0.25, 0.3) is 10.0 Å². The molecule has 1 N–H and O–H groups in total. The predicted molar refractivity (Wildman–Crippen MR) is 92.7 cm³/mol. The molecule has 6 heteroatoms. The average molecular weight is 352 g/mol. The lowest BCUT2D eigenvalue weighted by Gasteiger charge is -2.09. The molecule has 0 saturated carbocycles. The Morgan fingerprint density at radius 2 is 1.83 bits per heavy atom. The van der Waals surface area contributed by atoms with Crippen LogP contribution in [0.2, 0.25) is 0 Å². The summed E-state index contributed by atoms with van der Waals surface area (Å²) in [7, 11) is -3.68. The van der Waals surface area contributed by atoms with Crippen molar-refractivity contribution in [1.29, 1.82) is 0 Å². The summed E-state index contributed by atoms with van der Waals surface area (Å²) in [5, 5.41) is 0. The number of carbonyl (C=O) groups is 1. The van der Waals surface area contributed by atoms with Gasteiger partial charge < -0.3 is 0 Å². The van der Waals surface area contributed by atoms with E-state index in [1.54, 1.807) is 42.5 Å². The minimum absolute atomic E-state index is 0.116. The fraction of sp³-hybridized carbons (Fsp3) is 0.235. The summed E-state index contributed by atoms with van der Waals surface area (Å²) in [5.41, 5.74) is 1.87. The van der Waals surface area contributed by atoms with Crippen molar-refractivity contribution in [1.82, 2.24) is 0 Å². The standard InChI is InChI=1S/C17H18ClNO3S/c1-13(20)15-5-2-6-16(12-15)19-23(21,22)17-9-7-14(8-10-17)4-3-11-18/h2,5-10,12,19H,3-4,11H2,1H3. The van der Waals surface area contributed by atoms with Crippen molar-refractivity contribution < 1.29 is 13.2 Å². The highest BCUT2D eigenvalue weighted by atomic mass is 35.5. The molecule has 23 heavy (non-hydrogen) atoms. The highest BCUT2D eigenvalue weighted by molar-refractivity contribution is 7.92. The molecule has 0 aliphatic rings. The smallest absolute Gasteiger partial charge is 0.261 e. The van der Waals surface area contributed by atoms with E-state index in [2.05, 4.69) is 4.72 Å². The van der Waals surface area contributed by atoms with E-state index in [4.69, 9.17) is 11.6 Å². The van der Waals surface area contributed by atoms with Crippen LogP contribution in [0.1, 0.15) is 29.3 Å². The zero-order valence-corrected chi connectivity index (χ0v) is 14.3. The monoisotopic (exact) mass is 351 g/mol. The molecule has 0 spiro atoms. The van der Waals surface area contributed by atoms with E-state index in [0.717, 1.165) is 18.4 Å².